The van der Waals surface area contributed by atoms with E-state index >= 15 is 0 Å². The number of nitrogens with two attached hydrogens (primary N) is 1. The van der Waals surface area contributed by atoms with E-state index in [1.807, 2.05) is 30.3 Å². The fourth-order valence-electron chi connectivity index (χ4n) is 2.53. The van der Waals surface area contributed by atoms with Crippen LogP contribution in [0.1, 0.15) is 17.9 Å². The first-order valence-electron chi connectivity index (χ1n) is 6.54. The lowest BCUT2D eigenvalue weighted by molar-refractivity contribution is -0.121. The first kappa shape index (κ1) is 13.8. The number of hydrogen-bond acceptors (Lipinski definition) is 3. The molecule has 2 amide bonds. The minimum absolute atomic E-state index is 0.185. The Labute approximate surface area is 130 Å². The zero-order valence-corrected chi connectivity index (χ0v) is 12.7. The smallest absolute Gasteiger partial charge is 0.241 e. The third-order valence-electron chi connectivity index (χ3n) is 3.56. The first-order valence-corrected chi connectivity index (χ1v) is 7.34. The van der Waals surface area contributed by atoms with Crippen molar-refractivity contribution in [3.8, 4) is 0 Å². The average molecular weight is 345 g/mol. The molecule has 1 heterocycles. The molecule has 1 saturated heterocycles. The zero-order valence-electron chi connectivity index (χ0n) is 11.1. The Kier molecular flexibility index (Phi) is 3.51. The van der Waals surface area contributed by atoms with Gasteiger partial charge in [-0.05, 0) is 39.7 Å². The van der Waals surface area contributed by atoms with Crippen molar-refractivity contribution in [3.05, 3.63) is 58.6 Å². The second-order valence-electron chi connectivity index (χ2n) is 4.95. The van der Waals surface area contributed by atoms with Crippen molar-refractivity contribution < 1.29 is 9.59 Å². The van der Waals surface area contributed by atoms with Gasteiger partial charge in [0.2, 0.25) is 11.8 Å². The highest BCUT2D eigenvalue weighted by molar-refractivity contribution is 9.10. The molecule has 106 valence electrons. The molecular formula is C16H13BrN2O2. The van der Waals surface area contributed by atoms with Crippen LogP contribution in [-0.2, 0) is 9.59 Å². The number of carbonyl (C=O) groups excluding carboxylic acids is 2. The van der Waals surface area contributed by atoms with Crippen molar-refractivity contribution in [2.24, 2.45) is 0 Å². The lowest BCUT2D eigenvalue weighted by Crippen LogP contribution is -2.30. The molecule has 1 aliphatic rings. The molecule has 4 nitrogen and oxygen atoms in total. The highest BCUT2D eigenvalue weighted by Crippen LogP contribution is 2.37. The van der Waals surface area contributed by atoms with Crippen molar-refractivity contribution in [1.82, 2.24) is 0 Å². The normalized spacial score (nSPS) is 18.3. The van der Waals surface area contributed by atoms with Crippen molar-refractivity contribution in [3.63, 3.8) is 0 Å². The minimum Gasteiger partial charge on any atom is -0.399 e. The van der Waals surface area contributed by atoms with E-state index in [1.165, 1.54) is 4.90 Å². The monoisotopic (exact) mass is 344 g/mol. The predicted octanol–water partition coefficient (Wildman–Crippen LogP) is 3.08. The number of benzene rings is 2. The van der Waals surface area contributed by atoms with E-state index in [-0.39, 0.29) is 18.2 Å². The maximum atomic E-state index is 12.6. The van der Waals surface area contributed by atoms with Crippen LogP contribution in [0.2, 0.25) is 0 Å². The van der Waals surface area contributed by atoms with Gasteiger partial charge in [0.05, 0.1) is 11.6 Å². The van der Waals surface area contributed by atoms with Gasteiger partial charge < -0.3 is 5.73 Å². The molecular weight excluding hydrogens is 332 g/mol. The SMILES string of the molecule is Nc1ccc(Br)c(N2C(=O)CC(c3ccccc3)C2=O)c1. The topological polar surface area (TPSA) is 63.4 Å². The molecule has 0 aliphatic carbocycles. The lowest BCUT2D eigenvalue weighted by Gasteiger charge is -2.17. The van der Waals surface area contributed by atoms with Gasteiger partial charge in [-0.25, -0.2) is 4.90 Å². The maximum Gasteiger partial charge on any atom is 0.241 e. The molecule has 1 unspecified atom stereocenters. The Morgan fingerprint density at radius 2 is 1.81 bits per heavy atom. The fourth-order valence-corrected chi connectivity index (χ4v) is 2.96. The summed E-state index contributed by atoms with van der Waals surface area (Å²) in [6.45, 7) is 0. The summed E-state index contributed by atoms with van der Waals surface area (Å²) in [4.78, 5) is 26.1. The number of rotatable bonds is 2. The van der Waals surface area contributed by atoms with Gasteiger partial charge in [0, 0.05) is 16.6 Å². The van der Waals surface area contributed by atoms with Gasteiger partial charge in [-0.1, -0.05) is 30.3 Å². The van der Waals surface area contributed by atoms with Crippen LogP contribution in [0.15, 0.2) is 53.0 Å². The maximum absolute atomic E-state index is 12.6. The van der Waals surface area contributed by atoms with Crippen LogP contribution in [0, 0.1) is 0 Å². The van der Waals surface area contributed by atoms with Crippen molar-refractivity contribution in [2.45, 2.75) is 12.3 Å². The van der Waals surface area contributed by atoms with Crippen molar-refractivity contribution in [2.75, 3.05) is 10.6 Å². The van der Waals surface area contributed by atoms with Crippen LogP contribution in [0.5, 0.6) is 0 Å². The first-order chi connectivity index (χ1) is 10.1. The summed E-state index contributed by atoms with van der Waals surface area (Å²) in [7, 11) is 0. The zero-order chi connectivity index (χ0) is 15.0. The number of amides is 2. The van der Waals surface area contributed by atoms with E-state index < -0.39 is 5.92 Å². The molecule has 1 fully saturated rings. The predicted molar refractivity (Wildman–Crippen MR) is 84.8 cm³/mol. The third kappa shape index (κ3) is 2.45. The molecule has 0 spiro atoms. The Morgan fingerprint density at radius 3 is 2.52 bits per heavy atom. The van der Waals surface area contributed by atoms with Crippen molar-refractivity contribution >= 4 is 39.1 Å². The lowest BCUT2D eigenvalue weighted by atomic mass is 9.98. The summed E-state index contributed by atoms with van der Waals surface area (Å²) in [6, 6.07) is 14.4. The Bertz CT molecular complexity index is 715. The molecule has 21 heavy (non-hydrogen) atoms. The largest absolute Gasteiger partial charge is 0.399 e. The number of nitrogen functional groups attached to an aromatic ring is 1. The summed E-state index contributed by atoms with van der Waals surface area (Å²) in [5, 5.41) is 0. The Hall–Kier alpha value is -2.14. The Balaban J connectivity index is 2.00. The van der Waals surface area contributed by atoms with Gasteiger partial charge in [0.25, 0.3) is 0 Å². The van der Waals surface area contributed by atoms with E-state index in [1.54, 1.807) is 18.2 Å². The van der Waals surface area contributed by atoms with Crippen LogP contribution >= 0.6 is 15.9 Å². The molecule has 2 aromatic carbocycles. The Morgan fingerprint density at radius 1 is 1.10 bits per heavy atom. The van der Waals surface area contributed by atoms with Gasteiger partial charge in [-0.3, -0.25) is 9.59 Å². The standard InChI is InChI=1S/C16H13BrN2O2/c17-13-7-6-11(18)8-14(13)19-15(20)9-12(16(19)21)10-4-2-1-3-5-10/h1-8,12H,9,18H2. The molecule has 0 aromatic heterocycles. The van der Waals surface area contributed by atoms with Gasteiger partial charge in [-0.2, -0.15) is 0 Å². The van der Waals surface area contributed by atoms with Crippen LogP contribution in [-0.4, -0.2) is 11.8 Å². The highest BCUT2D eigenvalue weighted by atomic mass is 79.9. The van der Waals surface area contributed by atoms with E-state index in [0.717, 1.165) is 5.56 Å². The number of anilines is 2. The van der Waals surface area contributed by atoms with Crippen LogP contribution in [0.4, 0.5) is 11.4 Å². The summed E-state index contributed by atoms with van der Waals surface area (Å²) in [5.41, 5.74) is 7.64. The third-order valence-corrected chi connectivity index (χ3v) is 4.23. The molecule has 0 radical (unpaired) electrons. The molecule has 2 N–H and O–H groups in total. The summed E-state index contributed by atoms with van der Waals surface area (Å²) in [6.07, 6.45) is 0.185. The van der Waals surface area contributed by atoms with Crippen LogP contribution in [0.3, 0.4) is 0 Å². The van der Waals surface area contributed by atoms with Gasteiger partial charge in [0.1, 0.15) is 0 Å². The van der Waals surface area contributed by atoms with E-state index in [0.29, 0.717) is 15.8 Å². The minimum atomic E-state index is -0.424. The molecule has 5 heteroatoms. The molecule has 3 rings (SSSR count). The second kappa shape index (κ2) is 5.33. The summed E-state index contributed by atoms with van der Waals surface area (Å²) in [5.74, 6) is -0.843. The fraction of sp³-hybridized carbons (Fsp3) is 0.125. The molecule has 1 aliphatic heterocycles. The molecule has 2 aromatic rings. The summed E-state index contributed by atoms with van der Waals surface area (Å²) >= 11 is 3.37. The number of hydrogen-bond donors (Lipinski definition) is 1. The van der Waals surface area contributed by atoms with Crippen LogP contribution in [0.25, 0.3) is 0 Å². The quantitative estimate of drug-likeness (QED) is 0.672. The molecule has 0 bridgehead atoms. The number of nitrogens with zero attached hydrogens (tertiary/aromatic N) is 1. The molecule has 0 saturated carbocycles. The van der Waals surface area contributed by atoms with Crippen LogP contribution < -0.4 is 10.6 Å². The van der Waals surface area contributed by atoms with Gasteiger partial charge in [-0.15, -0.1) is 0 Å². The second-order valence-corrected chi connectivity index (χ2v) is 5.80. The van der Waals surface area contributed by atoms with Gasteiger partial charge >= 0.3 is 0 Å². The van der Waals surface area contributed by atoms with E-state index in [9.17, 15) is 9.59 Å². The summed E-state index contributed by atoms with van der Waals surface area (Å²) < 4.78 is 0.673. The van der Waals surface area contributed by atoms with E-state index in [4.69, 9.17) is 5.73 Å². The average Bonchev–Trinajstić information content (AvgIpc) is 2.78. The van der Waals surface area contributed by atoms with Crippen molar-refractivity contribution in [1.29, 1.82) is 0 Å². The molecule has 1 atom stereocenters. The number of imide groups is 1. The van der Waals surface area contributed by atoms with E-state index in [2.05, 4.69) is 15.9 Å². The number of carbonyl (C=O) groups is 2. The number of halogens is 1. The highest BCUT2D eigenvalue weighted by Gasteiger charge is 2.40. The van der Waals surface area contributed by atoms with Gasteiger partial charge in [0.15, 0.2) is 0 Å².